The van der Waals surface area contributed by atoms with E-state index >= 15 is 0 Å². The minimum Gasteiger partial charge on any atom is -0.389 e. The van der Waals surface area contributed by atoms with Gasteiger partial charge in [0.15, 0.2) is 0 Å². The first-order chi connectivity index (χ1) is 9.46. The number of hydrogen-bond acceptors (Lipinski definition) is 4. The Hall–Kier alpha value is -1.02. The van der Waals surface area contributed by atoms with Gasteiger partial charge in [0.05, 0.1) is 5.75 Å². The zero-order chi connectivity index (χ0) is 14.6. The van der Waals surface area contributed by atoms with Crippen molar-refractivity contribution in [2.75, 3.05) is 13.1 Å². The van der Waals surface area contributed by atoms with Gasteiger partial charge in [-0.3, -0.25) is 0 Å². The quantitative estimate of drug-likeness (QED) is 0.797. The molecule has 5 nitrogen and oxygen atoms in total. The molecule has 0 bridgehead atoms. The average molecular weight is 313 g/mol. The van der Waals surface area contributed by atoms with Crippen LogP contribution in [-0.2, 0) is 15.8 Å². The van der Waals surface area contributed by atoms with Gasteiger partial charge in [-0.05, 0) is 18.4 Å². The molecule has 1 saturated heterocycles. The van der Waals surface area contributed by atoms with Crippen molar-refractivity contribution < 1.29 is 8.42 Å². The highest BCUT2D eigenvalue weighted by Crippen LogP contribution is 2.10. The summed E-state index contributed by atoms with van der Waals surface area (Å²) >= 11 is 4.86. The van der Waals surface area contributed by atoms with Crippen LogP contribution in [0.1, 0.15) is 30.4 Å². The maximum absolute atomic E-state index is 12.1. The van der Waals surface area contributed by atoms with Crippen LogP contribution >= 0.6 is 12.2 Å². The second-order valence-electron chi connectivity index (χ2n) is 4.96. The Kier molecular flexibility index (Phi) is 5.09. The van der Waals surface area contributed by atoms with Crippen molar-refractivity contribution in [3.05, 3.63) is 35.4 Å². The molecule has 0 amide bonds. The van der Waals surface area contributed by atoms with Gasteiger partial charge >= 0.3 is 0 Å². The standard InChI is InChI=1S/C13H19N3O2S2/c14-13(19)12-6-4-11(5-7-12)10-20(17,18)15-16-8-2-1-3-9-16/h4-7,15H,1-3,8-10H2,(H2,14,19). The Morgan fingerprint density at radius 1 is 1.20 bits per heavy atom. The van der Waals surface area contributed by atoms with Gasteiger partial charge < -0.3 is 5.73 Å². The number of hydrazine groups is 1. The maximum atomic E-state index is 12.1. The molecule has 110 valence electrons. The average Bonchev–Trinajstić information content (AvgIpc) is 2.39. The Bertz CT molecular complexity index is 564. The van der Waals surface area contributed by atoms with E-state index in [4.69, 9.17) is 18.0 Å². The first-order valence-corrected chi connectivity index (χ1v) is 8.66. The normalized spacial score (nSPS) is 17.0. The van der Waals surface area contributed by atoms with Gasteiger partial charge in [-0.25, -0.2) is 13.4 Å². The largest absolute Gasteiger partial charge is 0.389 e. The van der Waals surface area contributed by atoms with E-state index in [0.29, 0.717) is 4.99 Å². The fourth-order valence-electron chi connectivity index (χ4n) is 2.20. The highest BCUT2D eigenvalue weighted by atomic mass is 32.2. The molecule has 0 aromatic heterocycles. The van der Waals surface area contributed by atoms with E-state index < -0.39 is 10.0 Å². The van der Waals surface area contributed by atoms with Gasteiger partial charge in [0.25, 0.3) is 0 Å². The molecule has 0 radical (unpaired) electrons. The Balaban J connectivity index is 1.98. The zero-order valence-corrected chi connectivity index (χ0v) is 12.8. The molecule has 0 unspecified atom stereocenters. The lowest BCUT2D eigenvalue weighted by atomic mass is 10.1. The van der Waals surface area contributed by atoms with Crippen molar-refractivity contribution in [2.45, 2.75) is 25.0 Å². The molecule has 20 heavy (non-hydrogen) atoms. The summed E-state index contributed by atoms with van der Waals surface area (Å²) in [6, 6.07) is 6.97. The Morgan fingerprint density at radius 2 is 1.80 bits per heavy atom. The van der Waals surface area contributed by atoms with Crippen LogP contribution in [0.5, 0.6) is 0 Å². The second kappa shape index (κ2) is 6.62. The molecular formula is C13H19N3O2S2. The molecule has 0 spiro atoms. The number of benzene rings is 1. The summed E-state index contributed by atoms with van der Waals surface area (Å²) in [5.74, 6) is -0.0406. The molecular weight excluding hydrogens is 294 g/mol. The number of hydrogen-bond donors (Lipinski definition) is 2. The number of sulfonamides is 1. The van der Waals surface area contributed by atoms with E-state index in [1.54, 1.807) is 29.3 Å². The lowest BCUT2D eigenvalue weighted by Gasteiger charge is -2.26. The van der Waals surface area contributed by atoms with Crippen LogP contribution in [0.2, 0.25) is 0 Å². The molecule has 1 fully saturated rings. The van der Waals surface area contributed by atoms with Gasteiger partial charge in [0.1, 0.15) is 4.99 Å². The van der Waals surface area contributed by atoms with Gasteiger partial charge in [-0.2, -0.15) is 0 Å². The van der Waals surface area contributed by atoms with E-state index in [2.05, 4.69) is 4.83 Å². The molecule has 1 aromatic carbocycles. The number of thiocarbonyl (C=S) groups is 1. The highest BCUT2D eigenvalue weighted by Gasteiger charge is 2.18. The lowest BCUT2D eigenvalue weighted by molar-refractivity contribution is 0.200. The van der Waals surface area contributed by atoms with E-state index in [9.17, 15) is 8.42 Å². The van der Waals surface area contributed by atoms with Crippen molar-refractivity contribution in [1.82, 2.24) is 9.84 Å². The summed E-state index contributed by atoms with van der Waals surface area (Å²) in [6.07, 6.45) is 3.23. The molecule has 0 atom stereocenters. The maximum Gasteiger partial charge on any atom is 0.228 e. The number of nitrogens with one attached hydrogen (secondary N) is 1. The van der Waals surface area contributed by atoms with Crippen molar-refractivity contribution >= 4 is 27.2 Å². The topological polar surface area (TPSA) is 75.4 Å². The third-order valence-corrected chi connectivity index (χ3v) is 4.70. The van der Waals surface area contributed by atoms with Crippen LogP contribution in [0.3, 0.4) is 0 Å². The van der Waals surface area contributed by atoms with E-state index in [0.717, 1.165) is 37.1 Å². The number of rotatable bonds is 5. The van der Waals surface area contributed by atoms with Crippen LogP contribution in [0.25, 0.3) is 0 Å². The molecule has 0 aliphatic carbocycles. The fraction of sp³-hybridized carbons (Fsp3) is 0.462. The summed E-state index contributed by atoms with van der Waals surface area (Å²) in [5, 5.41) is 1.78. The lowest BCUT2D eigenvalue weighted by Crippen LogP contribution is -2.45. The monoisotopic (exact) mass is 313 g/mol. The minimum absolute atomic E-state index is 0.0406. The third-order valence-electron chi connectivity index (χ3n) is 3.22. The SMILES string of the molecule is NC(=S)c1ccc(CS(=O)(=O)NN2CCCCC2)cc1. The van der Waals surface area contributed by atoms with Crippen LogP contribution in [0, 0.1) is 0 Å². The van der Waals surface area contributed by atoms with Gasteiger partial charge in [-0.15, -0.1) is 4.83 Å². The molecule has 1 aliphatic heterocycles. The van der Waals surface area contributed by atoms with Crippen LogP contribution in [-0.4, -0.2) is 31.5 Å². The summed E-state index contributed by atoms with van der Waals surface area (Å²) in [7, 11) is -3.36. The van der Waals surface area contributed by atoms with Crippen LogP contribution < -0.4 is 10.6 Å². The van der Waals surface area contributed by atoms with Crippen LogP contribution in [0.4, 0.5) is 0 Å². The number of nitrogens with two attached hydrogens (primary N) is 1. The summed E-state index contributed by atoms with van der Waals surface area (Å²) in [5.41, 5.74) is 6.97. The third kappa shape index (κ3) is 4.52. The summed E-state index contributed by atoms with van der Waals surface area (Å²) in [4.78, 5) is 2.95. The van der Waals surface area contributed by atoms with Gasteiger partial charge in [-0.1, -0.05) is 42.9 Å². The minimum atomic E-state index is -3.36. The summed E-state index contributed by atoms with van der Waals surface area (Å²) < 4.78 is 24.2. The Labute approximate surface area is 125 Å². The number of piperidine rings is 1. The van der Waals surface area contributed by atoms with Crippen molar-refractivity contribution in [1.29, 1.82) is 0 Å². The predicted octanol–water partition coefficient (Wildman–Crippen LogP) is 1.14. The van der Waals surface area contributed by atoms with E-state index in [1.807, 2.05) is 0 Å². The highest BCUT2D eigenvalue weighted by molar-refractivity contribution is 7.88. The molecule has 0 saturated carbocycles. The molecule has 1 aliphatic rings. The molecule has 1 aromatic rings. The van der Waals surface area contributed by atoms with Gasteiger partial charge in [0, 0.05) is 18.7 Å². The van der Waals surface area contributed by atoms with Crippen molar-refractivity contribution in [3.8, 4) is 0 Å². The van der Waals surface area contributed by atoms with Crippen molar-refractivity contribution in [3.63, 3.8) is 0 Å². The summed E-state index contributed by atoms with van der Waals surface area (Å²) in [6.45, 7) is 1.55. The molecule has 1 heterocycles. The van der Waals surface area contributed by atoms with E-state index in [-0.39, 0.29) is 5.75 Å². The number of nitrogens with zero attached hydrogens (tertiary/aromatic N) is 1. The van der Waals surface area contributed by atoms with Crippen LogP contribution in [0.15, 0.2) is 24.3 Å². The second-order valence-corrected chi connectivity index (χ2v) is 7.10. The zero-order valence-electron chi connectivity index (χ0n) is 11.2. The molecule has 2 rings (SSSR count). The van der Waals surface area contributed by atoms with Gasteiger partial charge in [0.2, 0.25) is 10.0 Å². The van der Waals surface area contributed by atoms with Crippen molar-refractivity contribution in [2.24, 2.45) is 5.73 Å². The smallest absolute Gasteiger partial charge is 0.228 e. The Morgan fingerprint density at radius 3 is 2.35 bits per heavy atom. The fourth-order valence-corrected chi connectivity index (χ4v) is 3.61. The molecule has 7 heteroatoms. The van der Waals surface area contributed by atoms with E-state index in [1.165, 1.54) is 6.42 Å². The predicted molar refractivity (Wildman–Crippen MR) is 83.5 cm³/mol. The molecule has 3 N–H and O–H groups in total. The first-order valence-electron chi connectivity index (χ1n) is 6.60. The first kappa shape index (κ1) is 15.4.